The van der Waals surface area contributed by atoms with Crippen molar-refractivity contribution in [1.82, 2.24) is 15.4 Å². The van der Waals surface area contributed by atoms with E-state index in [-0.39, 0.29) is 10.9 Å². The zero-order valence-electron chi connectivity index (χ0n) is 7.17. The van der Waals surface area contributed by atoms with Gasteiger partial charge in [0.05, 0.1) is 10.9 Å². The minimum Gasteiger partial charge on any atom is -0.267 e. The second kappa shape index (κ2) is 3.04. The number of rotatable bonds is 0. The lowest BCUT2D eigenvalue weighted by atomic mass is 10.1. The molecule has 0 spiro atoms. The van der Waals surface area contributed by atoms with E-state index in [9.17, 15) is 18.0 Å². The summed E-state index contributed by atoms with van der Waals surface area (Å²) >= 11 is 0. The molecule has 0 unspecified atom stereocenters. The van der Waals surface area contributed by atoms with Crippen LogP contribution < -0.4 is 5.56 Å². The Bertz CT molecular complexity index is 561. The number of aromatic nitrogens is 3. The molecule has 1 aromatic carbocycles. The monoisotopic (exact) mass is 215 g/mol. The molecule has 15 heavy (non-hydrogen) atoms. The van der Waals surface area contributed by atoms with Gasteiger partial charge in [-0.25, -0.2) is 5.10 Å². The number of halogens is 3. The van der Waals surface area contributed by atoms with Gasteiger partial charge in [0, 0.05) is 0 Å². The molecule has 1 N–H and O–H groups in total. The van der Waals surface area contributed by atoms with E-state index in [2.05, 4.69) is 10.3 Å². The van der Waals surface area contributed by atoms with Crippen LogP contribution in [0.2, 0.25) is 0 Å². The fraction of sp³-hybridized carbons (Fsp3) is 0.125. The van der Waals surface area contributed by atoms with E-state index < -0.39 is 17.3 Å². The largest absolute Gasteiger partial charge is 0.416 e. The highest BCUT2D eigenvalue weighted by molar-refractivity contribution is 5.77. The first-order valence-electron chi connectivity index (χ1n) is 3.91. The summed E-state index contributed by atoms with van der Waals surface area (Å²) in [6.07, 6.45) is -4.47. The molecule has 0 atom stereocenters. The highest BCUT2D eigenvalue weighted by Crippen LogP contribution is 2.29. The lowest BCUT2D eigenvalue weighted by Crippen LogP contribution is -2.12. The highest BCUT2D eigenvalue weighted by Gasteiger charge is 2.30. The average molecular weight is 215 g/mol. The van der Waals surface area contributed by atoms with Crippen molar-refractivity contribution < 1.29 is 13.2 Å². The average Bonchev–Trinajstić information content (AvgIpc) is 2.16. The van der Waals surface area contributed by atoms with Gasteiger partial charge in [-0.3, -0.25) is 4.79 Å². The third-order valence-electron chi connectivity index (χ3n) is 1.88. The Kier molecular flexibility index (Phi) is 1.95. The molecule has 2 aromatic rings. The second-order valence-corrected chi connectivity index (χ2v) is 2.87. The maximum atomic E-state index is 12.3. The van der Waals surface area contributed by atoms with Crippen molar-refractivity contribution in [3.8, 4) is 0 Å². The topological polar surface area (TPSA) is 58.6 Å². The van der Waals surface area contributed by atoms with Gasteiger partial charge in [-0.05, 0) is 18.2 Å². The van der Waals surface area contributed by atoms with Crippen LogP contribution in [0.4, 0.5) is 13.2 Å². The highest BCUT2D eigenvalue weighted by atomic mass is 19.4. The fourth-order valence-electron chi connectivity index (χ4n) is 1.17. The van der Waals surface area contributed by atoms with Crippen LogP contribution in [0.25, 0.3) is 10.9 Å². The Morgan fingerprint density at radius 2 is 2.00 bits per heavy atom. The molecule has 78 valence electrons. The summed E-state index contributed by atoms with van der Waals surface area (Å²) in [4.78, 5) is 11.1. The van der Waals surface area contributed by atoms with Crippen LogP contribution >= 0.6 is 0 Å². The van der Waals surface area contributed by atoms with Crippen molar-refractivity contribution in [1.29, 1.82) is 0 Å². The predicted molar refractivity (Wildman–Crippen MR) is 45.2 cm³/mol. The molecule has 7 heteroatoms. The molecule has 0 saturated carbocycles. The van der Waals surface area contributed by atoms with Crippen molar-refractivity contribution in [3.05, 3.63) is 34.1 Å². The van der Waals surface area contributed by atoms with E-state index >= 15 is 0 Å². The van der Waals surface area contributed by atoms with E-state index in [1.54, 1.807) is 0 Å². The number of H-pyrrole nitrogens is 1. The van der Waals surface area contributed by atoms with Gasteiger partial charge in [0.1, 0.15) is 5.52 Å². The number of fused-ring (bicyclic) bond motifs is 1. The Morgan fingerprint density at radius 3 is 2.67 bits per heavy atom. The molecule has 1 heterocycles. The molecule has 2 rings (SSSR count). The molecule has 0 fully saturated rings. The minimum absolute atomic E-state index is 0.125. The van der Waals surface area contributed by atoms with Gasteiger partial charge < -0.3 is 0 Å². The van der Waals surface area contributed by atoms with Crippen molar-refractivity contribution in [2.45, 2.75) is 6.18 Å². The van der Waals surface area contributed by atoms with Crippen molar-refractivity contribution in [3.63, 3.8) is 0 Å². The standard InChI is InChI=1S/C8H4F3N3O/c9-8(10,11)4-1-2-6-5(3-4)7(15)13-14-12-6/h1-3H,(H,12,13,15). The van der Waals surface area contributed by atoms with E-state index in [1.807, 2.05) is 5.10 Å². The number of nitrogens with one attached hydrogen (secondary N) is 1. The molecule has 0 amide bonds. The number of alkyl halides is 3. The number of hydrogen-bond donors (Lipinski definition) is 1. The molecule has 0 aliphatic heterocycles. The van der Waals surface area contributed by atoms with Gasteiger partial charge >= 0.3 is 6.18 Å². The van der Waals surface area contributed by atoms with Crippen LogP contribution in [-0.2, 0) is 6.18 Å². The predicted octanol–water partition coefficient (Wildman–Crippen LogP) is 1.34. The summed E-state index contributed by atoms with van der Waals surface area (Å²) in [7, 11) is 0. The zero-order chi connectivity index (χ0) is 11.1. The van der Waals surface area contributed by atoms with Crippen LogP contribution in [0.1, 0.15) is 5.56 Å². The van der Waals surface area contributed by atoms with Crippen molar-refractivity contribution in [2.24, 2.45) is 0 Å². The smallest absolute Gasteiger partial charge is 0.267 e. The number of benzene rings is 1. The summed E-state index contributed by atoms with van der Waals surface area (Å²) < 4.78 is 36.9. The molecule has 0 radical (unpaired) electrons. The normalized spacial score (nSPS) is 11.9. The quantitative estimate of drug-likeness (QED) is 0.721. The van der Waals surface area contributed by atoms with Gasteiger partial charge in [0.25, 0.3) is 5.56 Å². The van der Waals surface area contributed by atoms with Gasteiger partial charge in [-0.1, -0.05) is 5.21 Å². The third-order valence-corrected chi connectivity index (χ3v) is 1.88. The molecular weight excluding hydrogens is 211 g/mol. The van der Waals surface area contributed by atoms with Gasteiger partial charge in [0.2, 0.25) is 0 Å². The second-order valence-electron chi connectivity index (χ2n) is 2.87. The Morgan fingerprint density at radius 1 is 1.27 bits per heavy atom. The summed E-state index contributed by atoms with van der Waals surface area (Å²) in [5.74, 6) is 0. The van der Waals surface area contributed by atoms with Crippen molar-refractivity contribution >= 4 is 10.9 Å². The molecule has 0 aliphatic rings. The molecule has 0 aliphatic carbocycles. The Balaban J connectivity index is 2.76. The molecule has 0 bridgehead atoms. The maximum Gasteiger partial charge on any atom is 0.416 e. The SMILES string of the molecule is O=c1[nH]nnc2ccc(C(F)(F)F)cc12. The third kappa shape index (κ3) is 1.67. The van der Waals surface area contributed by atoms with Crippen LogP contribution in [0.5, 0.6) is 0 Å². The number of aromatic amines is 1. The van der Waals surface area contributed by atoms with E-state index in [0.29, 0.717) is 0 Å². The number of hydrogen-bond acceptors (Lipinski definition) is 3. The molecule has 0 saturated heterocycles. The van der Waals surface area contributed by atoms with Crippen LogP contribution in [-0.4, -0.2) is 15.4 Å². The molecular formula is C8H4F3N3O. The summed E-state index contributed by atoms with van der Waals surface area (Å²) in [5, 5.41) is 8.57. The Labute approximate surface area is 80.7 Å². The number of nitrogens with zero attached hydrogens (tertiary/aromatic N) is 2. The summed E-state index contributed by atoms with van der Waals surface area (Å²) in [6.45, 7) is 0. The van der Waals surface area contributed by atoms with E-state index in [0.717, 1.165) is 18.2 Å². The van der Waals surface area contributed by atoms with Crippen molar-refractivity contribution in [2.75, 3.05) is 0 Å². The lowest BCUT2D eigenvalue weighted by molar-refractivity contribution is -0.137. The van der Waals surface area contributed by atoms with Crippen LogP contribution in [0, 0.1) is 0 Å². The zero-order valence-corrected chi connectivity index (χ0v) is 7.17. The summed E-state index contributed by atoms with van der Waals surface area (Å²) in [6, 6.07) is 2.72. The summed E-state index contributed by atoms with van der Waals surface area (Å²) in [5.41, 5.74) is -1.44. The molecule has 4 nitrogen and oxygen atoms in total. The molecule has 1 aromatic heterocycles. The minimum atomic E-state index is -4.47. The maximum absolute atomic E-state index is 12.3. The first kappa shape index (κ1) is 9.63. The van der Waals surface area contributed by atoms with Gasteiger partial charge in [0.15, 0.2) is 0 Å². The van der Waals surface area contributed by atoms with Crippen LogP contribution in [0.3, 0.4) is 0 Å². The van der Waals surface area contributed by atoms with E-state index in [1.165, 1.54) is 0 Å². The lowest BCUT2D eigenvalue weighted by Gasteiger charge is -2.05. The van der Waals surface area contributed by atoms with Gasteiger partial charge in [-0.2, -0.15) is 13.2 Å². The van der Waals surface area contributed by atoms with Gasteiger partial charge in [-0.15, -0.1) is 5.10 Å². The Hall–Kier alpha value is -1.92. The fourth-order valence-corrected chi connectivity index (χ4v) is 1.17. The first-order chi connectivity index (χ1) is 6.98. The first-order valence-corrected chi connectivity index (χ1v) is 3.91. The van der Waals surface area contributed by atoms with E-state index in [4.69, 9.17) is 0 Å². The van der Waals surface area contributed by atoms with Crippen LogP contribution in [0.15, 0.2) is 23.0 Å².